The first kappa shape index (κ1) is 24.0. The molecule has 1 amide bonds. The Labute approximate surface area is 216 Å². The first-order chi connectivity index (χ1) is 12.7. The van der Waals surface area contributed by atoms with Crippen molar-refractivity contribution in [3.05, 3.63) is 65.0 Å². The van der Waals surface area contributed by atoms with Crippen molar-refractivity contribution in [1.82, 2.24) is 14.8 Å². The molecule has 0 bridgehead atoms. The van der Waals surface area contributed by atoms with Crippen LogP contribution in [-0.4, -0.2) is 52.7 Å². The molecule has 1 aliphatic heterocycles. The molecule has 140 valence electrons. The minimum Gasteiger partial charge on any atom is -0.520 e. The molecule has 2 unspecified atom stereocenters. The van der Waals surface area contributed by atoms with Gasteiger partial charge in [0.25, 0.3) is 0 Å². The summed E-state index contributed by atoms with van der Waals surface area (Å²) in [6.45, 7) is 3.27. The molecule has 0 spiro atoms. The van der Waals surface area contributed by atoms with Crippen LogP contribution >= 0.6 is 0 Å². The zero-order valence-electron chi connectivity index (χ0n) is 16.0. The summed E-state index contributed by atoms with van der Waals surface area (Å²) in [5.74, 6) is 0.00111. The molecule has 2 aliphatic rings. The normalized spacial score (nSPS) is 21.2. The Kier molecular flexibility index (Phi) is 9.09. The van der Waals surface area contributed by atoms with E-state index in [0.29, 0.717) is 19.6 Å². The van der Waals surface area contributed by atoms with E-state index in [2.05, 4.69) is 35.2 Å². The number of Topliss-reactive ketones (excluding diaryl/α,β-unsaturated/α-hetero) is 1. The fourth-order valence-corrected chi connectivity index (χ4v) is 4.22. The molecular formula is C21H22N3O2Y2-. The van der Waals surface area contributed by atoms with E-state index in [0.717, 1.165) is 18.5 Å². The number of fused-ring (bicyclic) bond motifs is 2. The van der Waals surface area contributed by atoms with E-state index in [1.54, 1.807) is 6.92 Å². The number of carbonyl (C=O) groups is 1. The summed E-state index contributed by atoms with van der Waals surface area (Å²) in [5.41, 5.74) is 4.93. The summed E-state index contributed by atoms with van der Waals surface area (Å²) in [7, 11) is 0. The van der Waals surface area contributed by atoms with Crippen LogP contribution in [-0.2, 0) is 87.8 Å². The van der Waals surface area contributed by atoms with Gasteiger partial charge in [-0.05, 0) is 42.5 Å². The number of amides is 1. The SMILES string of the molecule is CC(=O)C1CN(C2c3ccccc3CCc3cccnc32)CCN1[C-]=O.[Y].[Y]. The van der Waals surface area contributed by atoms with Gasteiger partial charge in [-0.3, -0.25) is 14.7 Å². The minimum absolute atomic E-state index is 0. The second-order valence-corrected chi connectivity index (χ2v) is 7.06. The number of hydrogen-bond donors (Lipinski definition) is 0. The van der Waals surface area contributed by atoms with E-state index in [1.165, 1.54) is 21.6 Å². The van der Waals surface area contributed by atoms with Crippen molar-refractivity contribution in [2.24, 2.45) is 0 Å². The number of nitrogens with zero attached hydrogens (tertiary/aromatic N) is 3. The van der Waals surface area contributed by atoms with Gasteiger partial charge >= 0.3 is 0 Å². The number of benzene rings is 1. The second kappa shape index (κ2) is 10.6. The van der Waals surface area contributed by atoms with Crippen LogP contribution < -0.4 is 0 Å². The molecule has 4 rings (SSSR count). The Morgan fingerprint density at radius 2 is 1.79 bits per heavy atom. The van der Waals surface area contributed by atoms with E-state index in [1.807, 2.05) is 18.7 Å². The third-order valence-electron chi connectivity index (χ3n) is 5.56. The number of rotatable bonds is 3. The Morgan fingerprint density at radius 3 is 2.54 bits per heavy atom. The monoisotopic (exact) mass is 526 g/mol. The van der Waals surface area contributed by atoms with Crippen molar-refractivity contribution in [2.45, 2.75) is 31.8 Å². The van der Waals surface area contributed by atoms with Gasteiger partial charge in [0.2, 0.25) is 0 Å². The maximum absolute atomic E-state index is 12.1. The molecule has 2 heterocycles. The molecule has 7 heteroatoms. The van der Waals surface area contributed by atoms with Crippen LogP contribution in [0.25, 0.3) is 0 Å². The van der Waals surface area contributed by atoms with Gasteiger partial charge in [0.15, 0.2) is 5.78 Å². The Bertz CT molecular complexity index is 798. The van der Waals surface area contributed by atoms with Gasteiger partial charge in [-0.25, -0.2) is 0 Å². The van der Waals surface area contributed by atoms with Crippen LogP contribution in [0.15, 0.2) is 42.6 Å². The van der Waals surface area contributed by atoms with Gasteiger partial charge in [0, 0.05) is 91.2 Å². The van der Waals surface area contributed by atoms with Gasteiger partial charge in [-0.2, -0.15) is 6.41 Å². The number of aromatic nitrogens is 1. The molecule has 1 aliphatic carbocycles. The van der Waals surface area contributed by atoms with Crippen molar-refractivity contribution < 1.29 is 75.0 Å². The zero-order valence-corrected chi connectivity index (χ0v) is 21.7. The van der Waals surface area contributed by atoms with Crippen LogP contribution in [0.2, 0.25) is 0 Å². The van der Waals surface area contributed by atoms with Crippen LogP contribution in [0, 0.1) is 0 Å². The second-order valence-electron chi connectivity index (χ2n) is 7.06. The summed E-state index contributed by atoms with van der Waals surface area (Å²) in [6.07, 6.45) is 5.73. The molecular weight excluding hydrogens is 504 g/mol. The number of hydrogen-bond acceptors (Lipinski definition) is 4. The van der Waals surface area contributed by atoms with Gasteiger partial charge in [-0.15, -0.1) is 0 Å². The van der Waals surface area contributed by atoms with E-state index in [4.69, 9.17) is 4.98 Å². The molecule has 2 atom stereocenters. The predicted molar refractivity (Wildman–Crippen MR) is 98.4 cm³/mol. The first-order valence-corrected chi connectivity index (χ1v) is 9.09. The van der Waals surface area contributed by atoms with Gasteiger partial charge in [-0.1, -0.05) is 30.3 Å². The van der Waals surface area contributed by atoms with Gasteiger partial charge in [0.05, 0.1) is 17.8 Å². The number of pyridine rings is 1. The van der Waals surface area contributed by atoms with Gasteiger partial charge in [0.1, 0.15) is 0 Å². The van der Waals surface area contributed by atoms with Crippen LogP contribution in [0.5, 0.6) is 0 Å². The predicted octanol–water partition coefficient (Wildman–Crippen LogP) is 1.91. The molecule has 1 aromatic heterocycles. The van der Waals surface area contributed by atoms with E-state index < -0.39 is 6.04 Å². The van der Waals surface area contributed by atoms with E-state index in [9.17, 15) is 9.59 Å². The Balaban J connectivity index is 0.00000140. The maximum atomic E-state index is 12.1. The summed E-state index contributed by atoms with van der Waals surface area (Å²) < 4.78 is 0. The van der Waals surface area contributed by atoms with Crippen molar-refractivity contribution in [1.29, 1.82) is 0 Å². The van der Waals surface area contributed by atoms with Crippen molar-refractivity contribution >= 4 is 12.2 Å². The van der Waals surface area contributed by atoms with Crippen molar-refractivity contribution in [3.63, 3.8) is 0 Å². The number of carbonyl (C=O) groups excluding carboxylic acids is 2. The third-order valence-corrected chi connectivity index (χ3v) is 5.56. The third kappa shape index (κ3) is 4.70. The number of ketones is 1. The molecule has 2 radical (unpaired) electrons. The Morgan fingerprint density at radius 1 is 1.07 bits per heavy atom. The first-order valence-electron chi connectivity index (χ1n) is 9.09. The average molecular weight is 526 g/mol. The summed E-state index contributed by atoms with van der Waals surface area (Å²) in [5, 5.41) is 0. The van der Waals surface area contributed by atoms with E-state index >= 15 is 0 Å². The molecule has 28 heavy (non-hydrogen) atoms. The standard InChI is InChI=1S/C21H22N3O2.2Y/c1-15(26)19-13-23(11-12-24(19)14-25)21-18-7-3-2-5-16(18)8-9-17-6-4-10-22-20(17)21;;/h2-7,10,19,21H,8-9,11-13H2,1H3;;/q-1;;. The van der Waals surface area contributed by atoms with Crippen LogP contribution in [0.1, 0.15) is 35.3 Å². The molecule has 0 saturated carbocycles. The topological polar surface area (TPSA) is 53.5 Å². The number of piperazine rings is 1. The summed E-state index contributed by atoms with van der Waals surface area (Å²) in [6, 6.07) is 12.2. The molecule has 1 fully saturated rings. The molecule has 5 nitrogen and oxygen atoms in total. The largest absolute Gasteiger partial charge is 0.520 e. The van der Waals surface area contributed by atoms with E-state index in [-0.39, 0.29) is 77.2 Å². The quantitative estimate of drug-likeness (QED) is 0.574. The molecule has 1 saturated heterocycles. The summed E-state index contributed by atoms with van der Waals surface area (Å²) in [4.78, 5) is 31.8. The number of aryl methyl sites for hydroxylation is 2. The fourth-order valence-electron chi connectivity index (χ4n) is 4.22. The van der Waals surface area contributed by atoms with Crippen LogP contribution in [0.3, 0.4) is 0 Å². The van der Waals surface area contributed by atoms with Crippen molar-refractivity contribution in [3.8, 4) is 0 Å². The minimum atomic E-state index is -0.441. The molecule has 0 N–H and O–H groups in total. The average Bonchev–Trinajstić information content (AvgIpc) is 2.84. The van der Waals surface area contributed by atoms with Gasteiger partial charge < -0.3 is 9.69 Å². The Hall–Kier alpha value is -0.322. The van der Waals surface area contributed by atoms with Crippen LogP contribution in [0.4, 0.5) is 0 Å². The smallest absolute Gasteiger partial charge is 0.150 e. The summed E-state index contributed by atoms with van der Waals surface area (Å²) >= 11 is 0. The van der Waals surface area contributed by atoms with Crippen molar-refractivity contribution in [2.75, 3.05) is 19.6 Å². The molecule has 1 aromatic carbocycles. The molecule has 2 aromatic rings. The maximum Gasteiger partial charge on any atom is 0.150 e. The zero-order chi connectivity index (χ0) is 18.1. The fraction of sp³-hybridized carbons (Fsp3) is 0.381.